The number of halogens is 1. The van der Waals surface area contributed by atoms with Crippen molar-refractivity contribution in [2.75, 3.05) is 5.73 Å². The van der Waals surface area contributed by atoms with Gasteiger partial charge in [-0.3, -0.25) is 4.98 Å². The molecule has 0 aliphatic carbocycles. The Balaban J connectivity index is 2.89. The van der Waals surface area contributed by atoms with E-state index in [-0.39, 0.29) is 11.3 Å². The lowest BCUT2D eigenvalue weighted by atomic mass is 10.1. The van der Waals surface area contributed by atoms with Gasteiger partial charge >= 0.3 is 5.97 Å². The van der Waals surface area contributed by atoms with Crippen molar-refractivity contribution in [2.45, 2.75) is 6.92 Å². The van der Waals surface area contributed by atoms with E-state index in [1.54, 1.807) is 0 Å². The first-order valence-electron chi connectivity index (χ1n) is 4.58. The standard InChI is InChI=1S/C11H9BrN2O2/c1-5-2-6-9(13)7(11(15)16)4-14-10(6)8(12)3-5/h2-4H,1H3,(H2,13,14)(H,15,16). The summed E-state index contributed by atoms with van der Waals surface area (Å²) in [5, 5.41) is 9.59. The van der Waals surface area contributed by atoms with Crippen LogP contribution in [0.4, 0.5) is 5.69 Å². The van der Waals surface area contributed by atoms with Gasteiger partial charge in [-0.05, 0) is 40.5 Å². The first-order valence-corrected chi connectivity index (χ1v) is 5.37. The number of nitrogen functional groups attached to an aromatic ring is 1. The van der Waals surface area contributed by atoms with Crippen molar-refractivity contribution in [1.82, 2.24) is 4.98 Å². The van der Waals surface area contributed by atoms with Gasteiger partial charge in [-0.2, -0.15) is 0 Å². The molecular weight excluding hydrogens is 272 g/mol. The topological polar surface area (TPSA) is 76.2 Å². The van der Waals surface area contributed by atoms with Gasteiger partial charge in [0.2, 0.25) is 0 Å². The third-order valence-electron chi connectivity index (χ3n) is 2.34. The summed E-state index contributed by atoms with van der Waals surface area (Å²) in [4.78, 5) is 15.0. The summed E-state index contributed by atoms with van der Waals surface area (Å²) in [5.74, 6) is -1.07. The molecule has 0 amide bonds. The van der Waals surface area contributed by atoms with Crippen LogP contribution >= 0.6 is 15.9 Å². The molecule has 1 aromatic heterocycles. The highest BCUT2D eigenvalue weighted by molar-refractivity contribution is 9.10. The van der Waals surface area contributed by atoms with Crippen LogP contribution in [0, 0.1) is 6.92 Å². The molecule has 2 rings (SSSR count). The number of carboxylic acid groups (broad SMARTS) is 1. The van der Waals surface area contributed by atoms with Gasteiger partial charge in [-0.15, -0.1) is 0 Å². The number of anilines is 1. The molecule has 82 valence electrons. The van der Waals surface area contributed by atoms with Crippen molar-refractivity contribution < 1.29 is 9.90 Å². The Labute approximate surface area is 100 Å². The largest absolute Gasteiger partial charge is 0.478 e. The van der Waals surface area contributed by atoms with Crippen LogP contribution in [-0.2, 0) is 0 Å². The Morgan fingerprint density at radius 3 is 2.81 bits per heavy atom. The van der Waals surface area contributed by atoms with Crippen LogP contribution in [0.5, 0.6) is 0 Å². The Morgan fingerprint density at radius 1 is 1.50 bits per heavy atom. The van der Waals surface area contributed by atoms with Gasteiger partial charge in [0.1, 0.15) is 5.56 Å². The third-order valence-corrected chi connectivity index (χ3v) is 2.95. The van der Waals surface area contributed by atoms with E-state index < -0.39 is 5.97 Å². The zero-order valence-corrected chi connectivity index (χ0v) is 10.1. The molecule has 0 fully saturated rings. The number of rotatable bonds is 1. The Hall–Kier alpha value is -1.62. The number of benzene rings is 1. The molecule has 0 saturated heterocycles. The van der Waals surface area contributed by atoms with Crippen LogP contribution in [0.3, 0.4) is 0 Å². The van der Waals surface area contributed by atoms with Crippen molar-refractivity contribution in [3.8, 4) is 0 Å². The SMILES string of the molecule is Cc1cc(Br)c2ncc(C(=O)O)c(N)c2c1. The molecule has 1 aromatic carbocycles. The lowest BCUT2D eigenvalue weighted by Crippen LogP contribution is -2.04. The third kappa shape index (κ3) is 1.63. The van der Waals surface area contributed by atoms with Crippen LogP contribution in [0.2, 0.25) is 0 Å². The molecule has 0 radical (unpaired) electrons. The summed E-state index contributed by atoms with van der Waals surface area (Å²) in [5.41, 5.74) is 7.77. The molecule has 16 heavy (non-hydrogen) atoms. The van der Waals surface area contributed by atoms with Crippen molar-refractivity contribution in [3.05, 3.63) is 33.9 Å². The smallest absolute Gasteiger partial charge is 0.339 e. The molecule has 4 nitrogen and oxygen atoms in total. The lowest BCUT2D eigenvalue weighted by molar-refractivity contribution is 0.0698. The Morgan fingerprint density at radius 2 is 2.19 bits per heavy atom. The highest BCUT2D eigenvalue weighted by Gasteiger charge is 2.13. The summed E-state index contributed by atoms with van der Waals surface area (Å²) in [6.45, 7) is 1.91. The van der Waals surface area contributed by atoms with Crippen LogP contribution in [0.15, 0.2) is 22.8 Å². The Kier molecular flexibility index (Phi) is 2.55. The zero-order valence-electron chi connectivity index (χ0n) is 8.49. The molecule has 2 aromatic rings. The molecule has 3 N–H and O–H groups in total. The molecule has 5 heteroatoms. The summed E-state index contributed by atoms with van der Waals surface area (Å²) < 4.78 is 0.811. The molecule has 0 atom stereocenters. The van der Waals surface area contributed by atoms with Gasteiger partial charge in [0.15, 0.2) is 0 Å². The Bertz CT molecular complexity index is 596. The number of carbonyl (C=O) groups is 1. The van der Waals surface area contributed by atoms with E-state index in [4.69, 9.17) is 10.8 Å². The molecule has 1 heterocycles. The minimum Gasteiger partial charge on any atom is -0.478 e. The van der Waals surface area contributed by atoms with Gasteiger partial charge in [0.05, 0.1) is 11.2 Å². The van der Waals surface area contributed by atoms with Crippen LogP contribution in [0.1, 0.15) is 15.9 Å². The molecule has 0 unspecified atom stereocenters. The maximum Gasteiger partial charge on any atom is 0.339 e. The summed E-state index contributed by atoms with van der Waals surface area (Å²) in [6, 6.07) is 3.74. The fraction of sp³-hybridized carbons (Fsp3) is 0.0909. The monoisotopic (exact) mass is 280 g/mol. The number of aromatic nitrogens is 1. The second-order valence-electron chi connectivity index (χ2n) is 3.53. The average Bonchev–Trinajstić information content (AvgIpc) is 2.19. The van der Waals surface area contributed by atoms with Crippen molar-refractivity contribution in [1.29, 1.82) is 0 Å². The fourth-order valence-corrected chi connectivity index (χ4v) is 2.26. The second-order valence-corrected chi connectivity index (χ2v) is 4.39. The van der Waals surface area contributed by atoms with Crippen LogP contribution in [-0.4, -0.2) is 16.1 Å². The first-order chi connectivity index (χ1) is 7.50. The van der Waals surface area contributed by atoms with E-state index in [0.717, 1.165) is 10.0 Å². The maximum atomic E-state index is 10.9. The minimum atomic E-state index is -1.07. The number of carboxylic acids is 1. The van der Waals surface area contributed by atoms with Gasteiger partial charge < -0.3 is 10.8 Å². The van der Waals surface area contributed by atoms with E-state index >= 15 is 0 Å². The predicted molar refractivity (Wildman–Crippen MR) is 65.6 cm³/mol. The molecule has 0 spiro atoms. The number of aromatic carboxylic acids is 1. The van der Waals surface area contributed by atoms with Gasteiger partial charge in [0, 0.05) is 16.1 Å². The fourth-order valence-electron chi connectivity index (χ4n) is 1.59. The predicted octanol–water partition coefficient (Wildman–Crippen LogP) is 2.59. The number of pyridine rings is 1. The van der Waals surface area contributed by atoms with E-state index in [9.17, 15) is 4.79 Å². The number of aryl methyl sites for hydroxylation is 1. The van der Waals surface area contributed by atoms with Crippen molar-refractivity contribution in [3.63, 3.8) is 0 Å². The summed E-state index contributed by atoms with van der Waals surface area (Å²) >= 11 is 3.38. The molecule has 0 bridgehead atoms. The lowest BCUT2D eigenvalue weighted by Gasteiger charge is -2.07. The van der Waals surface area contributed by atoms with E-state index in [1.807, 2.05) is 19.1 Å². The highest BCUT2D eigenvalue weighted by atomic mass is 79.9. The highest BCUT2D eigenvalue weighted by Crippen LogP contribution is 2.29. The number of hydrogen-bond acceptors (Lipinski definition) is 3. The maximum absolute atomic E-state index is 10.9. The van der Waals surface area contributed by atoms with E-state index in [0.29, 0.717) is 10.9 Å². The quantitative estimate of drug-likeness (QED) is 0.842. The number of nitrogens with two attached hydrogens (primary N) is 1. The zero-order chi connectivity index (χ0) is 11.9. The normalized spacial score (nSPS) is 10.6. The molecule has 0 aliphatic rings. The van der Waals surface area contributed by atoms with Crippen molar-refractivity contribution >= 4 is 38.5 Å². The van der Waals surface area contributed by atoms with E-state index in [2.05, 4.69) is 20.9 Å². The number of fused-ring (bicyclic) bond motifs is 1. The van der Waals surface area contributed by atoms with Crippen LogP contribution < -0.4 is 5.73 Å². The molecule has 0 aliphatic heterocycles. The van der Waals surface area contributed by atoms with Crippen molar-refractivity contribution in [2.24, 2.45) is 0 Å². The van der Waals surface area contributed by atoms with Crippen LogP contribution in [0.25, 0.3) is 10.9 Å². The number of nitrogens with zero attached hydrogens (tertiary/aromatic N) is 1. The van der Waals surface area contributed by atoms with Gasteiger partial charge in [0.25, 0.3) is 0 Å². The van der Waals surface area contributed by atoms with Gasteiger partial charge in [-0.25, -0.2) is 4.79 Å². The van der Waals surface area contributed by atoms with Gasteiger partial charge in [-0.1, -0.05) is 0 Å². The minimum absolute atomic E-state index is 0.0324. The van der Waals surface area contributed by atoms with E-state index in [1.165, 1.54) is 6.20 Å². The summed E-state index contributed by atoms with van der Waals surface area (Å²) in [7, 11) is 0. The summed E-state index contributed by atoms with van der Waals surface area (Å²) in [6.07, 6.45) is 1.28. The molecular formula is C11H9BrN2O2. The average molecular weight is 281 g/mol. The number of hydrogen-bond donors (Lipinski definition) is 2. The molecule has 0 saturated carbocycles. The second kappa shape index (κ2) is 3.75. The first kappa shape index (κ1) is 10.9.